The highest BCUT2D eigenvalue weighted by atomic mass is 35.5. The maximum atomic E-state index is 12.0. The van der Waals surface area contributed by atoms with Gasteiger partial charge in [-0.25, -0.2) is 0 Å². The molecule has 0 spiro atoms. The van der Waals surface area contributed by atoms with Gasteiger partial charge in [-0.05, 0) is 24.8 Å². The highest BCUT2D eigenvalue weighted by Gasteiger charge is 2.35. The van der Waals surface area contributed by atoms with E-state index in [4.69, 9.17) is 16.0 Å². The van der Waals surface area contributed by atoms with E-state index in [2.05, 4.69) is 12.2 Å². The maximum Gasteiger partial charge on any atom is 0.255 e. The van der Waals surface area contributed by atoms with Gasteiger partial charge in [-0.1, -0.05) is 19.8 Å². The van der Waals surface area contributed by atoms with Crippen LogP contribution in [-0.4, -0.2) is 17.3 Å². The van der Waals surface area contributed by atoms with E-state index in [0.29, 0.717) is 17.4 Å². The van der Waals surface area contributed by atoms with E-state index in [1.807, 2.05) is 0 Å². The molecule has 0 bridgehead atoms. The van der Waals surface area contributed by atoms with Crippen LogP contribution in [-0.2, 0) is 0 Å². The zero-order valence-electron chi connectivity index (χ0n) is 10.0. The van der Waals surface area contributed by atoms with Crippen molar-refractivity contribution in [1.82, 2.24) is 5.32 Å². The Kier molecular flexibility index (Phi) is 3.77. The van der Waals surface area contributed by atoms with E-state index >= 15 is 0 Å². The van der Waals surface area contributed by atoms with Gasteiger partial charge in [-0.2, -0.15) is 0 Å². The van der Waals surface area contributed by atoms with Crippen molar-refractivity contribution < 1.29 is 9.21 Å². The Morgan fingerprint density at radius 2 is 2.53 bits per heavy atom. The molecule has 2 unspecified atom stereocenters. The number of hydrogen-bond acceptors (Lipinski definition) is 2. The third kappa shape index (κ3) is 2.83. The Bertz CT molecular complexity index is 377. The first-order valence-corrected chi connectivity index (χ1v) is 6.59. The van der Waals surface area contributed by atoms with Crippen LogP contribution in [0.3, 0.4) is 0 Å². The molecule has 1 N–H and O–H groups in total. The molecule has 1 heterocycles. The molecule has 0 radical (unpaired) electrons. The summed E-state index contributed by atoms with van der Waals surface area (Å²) in [5.74, 6) is 1.00. The van der Waals surface area contributed by atoms with Crippen LogP contribution in [0, 0.1) is 5.92 Å². The van der Waals surface area contributed by atoms with Crippen molar-refractivity contribution in [3.05, 3.63) is 24.2 Å². The molecule has 1 fully saturated rings. The van der Waals surface area contributed by atoms with Gasteiger partial charge in [-0.15, -0.1) is 11.6 Å². The molecular weight excluding hydrogens is 238 g/mol. The molecule has 0 saturated heterocycles. The second kappa shape index (κ2) is 5.13. The summed E-state index contributed by atoms with van der Waals surface area (Å²) in [6, 6.07) is 1.67. The zero-order valence-corrected chi connectivity index (χ0v) is 10.8. The van der Waals surface area contributed by atoms with Gasteiger partial charge in [0, 0.05) is 5.88 Å². The molecule has 1 aliphatic carbocycles. The second-order valence-electron chi connectivity index (χ2n) is 5.08. The van der Waals surface area contributed by atoms with Crippen molar-refractivity contribution in [2.24, 2.45) is 5.92 Å². The Balaban J connectivity index is 2.06. The van der Waals surface area contributed by atoms with Gasteiger partial charge in [-0.3, -0.25) is 4.79 Å². The minimum atomic E-state index is -0.242. The summed E-state index contributed by atoms with van der Waals surface area (Å²) in [7, 11) is 0. The number of hydrogen-bond donors (Lipinski definition) is 1. The Morgan fingerprint density at radius 1 is 1.71 bits per heavy atom. The lowest BCUT2D eigenvalue weighted by Gasteiger charge is -2.39. The Labute approximate surface area is 107 Å². The number of halogens is 1. The number of nitrogens with one attached hydrogen (secondary N) is 1. The molecule has 1 aromatic heterocycles. The third-order valence-corrected chi connectivity index (χ3v) is 4.02. The zero-order chi connectivity index (χ0) is 12.3. The molecule has 1 aromatic rings. The number of amides is 1. The molecular formula is C13H18ClNO2. The SMILES string of the molecule is CC1CCCC(CCl)(NC(=O)c2ccoc2)C1. The summed E-state index contributed by atoms with van der Waals surface area (Å²) >= 11 is 6.07. The molecule has 3 nitrogen and oxygen atoms in total. The fraction of sp³-hybridized carbons (Fsp3) is 0.615. The minimum Gasteiger partial charge on any atom is -0.472 e. The number of alkyl halides is 1. The van der Waals surface area contributed by atoms with Crippen LogP contribution < -0.4 is 5.32 Å². The molecule has 2 atom stereocenters. The molecule has 1 aliphatic rings. The van der Waals surface area contributed by atoms with Gasteiger partial charge in [0.15, 0.2) is 0 Å². The smallest absolute Gasteiger partial charge is 0.255 e. The largest absolute Gasteiger partial charge is 0.472 e. The normalized spacial score (nSPS) is 28.9. The van der Waals surface area contributed by atoms with Crippen molar-refractivity contribution in [2.75, 3.05) is 5.88 Å². The van der Waals surface area contributed by atoms with Crippen LogP contribution in [0.5, 0.6) is 0 Å². The predicted molar refractivity (Wildman–Crippen MR) is 67.3 cm³/mol. The van der Waals surface area contributed by atoms with E-state index in [9.17, 15) is 4.79 Å². The van der Waals surface area contributed by atoms with Crippen molar-refractivity contribution in [3.63, 3.8) is 0 Å². The predicted octanol–water partition coefficient (Wildman–Crippen LogP) is 3.20. The van der Waals surface area contributed by atoms with Gasteiger partial charge >= 0.3 is 0 Å². The van der Waals surface area contributed by atoms with Crippen molar-refractivity contribution in [2.45, 2.75) is 38.1 Å². The van der Waals surface area contributed by atoms with Gasteiger partial charge < -0.3 is 9.73 Å². The summed E-state index contributed by atoms with van der Waals surface area (Å²) < 4.78 is 4.92. The number of carbonyl (C=O) groups excluding carboxylic acids is 1. The average Bonchev–Trinajstić information content (AvgIpc) is 2.82. The summed E-state index contributed by atoms with van der Waals surface area (Å²) in [5.41, 5.74) is 0.320. The number of carbonyl (C=O) groups is 1. The quantitative estimate of drug-likeness (QED) is 0.843. The molecule has 0 aliphatic heterocycles. The standard InChI is InChI=1S/C13H18ClNO2/c1-10-3-2-5-13(7-10,9-14)15-12(16)11-4-6-17-8-11/h4,6,8,10H,2-3,5,7,9H2,1H3,(H,15,16). The fourth-order valence-corrected chi connectivity index (χ4v) is 2.94. The molecule has 2 rings (SSSR count). The first kappa shape index (κ1) is 12.5. The molecule has 1 amide bonds. The monoisotopic (exact) mass is 255 g/mol. The van der Waals surface area contributed by atoms with Crippen LogP contribution in [0.1, 0.15) is 43.0 Å². The molecule has 94 valence electrons. The van der Waals surface area contributed by atoms with Crippen LogP contribution in [0.4, 0.5) is 0 Å². The first-order chi connectivity index (χ1) is 8.15. The summed E-state index contributed by atoms with van der Waals surface area (Å²) in [6.07, 6.45) is 7.24. The van der Waals surface area contributed by atoms with E-state index < -0.39 is 0 Å². The van der Waals surface area contributed by atoms with Crippen LogP contribution >= 0.6 is 11.6 Å². The van der Waals surface area contributed by atoms with E-state index in [0.717, 1.165) is 19.3 Å². The van der Waals surface area contributed by atoms with E-state index in [1.165, 1.54) is 18.9 Å². The molecule has 4 heteroatoms. The van der Waals surface area contributed by atoms with Crippen molar-refractivity contribution in [1.29, 1.82) is 0 Å². The number of furan rings is 1. The van der Waals surface area contributed by atoms with Crippen molar-refractivity contribution in [3.8, 4) is 0 Å². The summed E-state index contributed by atoms with van der Waals surface area (Å²) in [4.78, 5) is 12.0. The lowest BCUT2D eigenvalue weighted by atomic mass is 9.77. The lowest BCUT2D eigenvalue weighted by molar-refractivity contribution is 0.0866. The van der Waals surface area contributed by atoms with Gasteiger partial charge in [0.25, 0.3) is 5.91 Å². The fourth-order valence-electron chi connectivity index (χ4n) is 2.64. The van der Waals surface area contributed by atoms with E-state index in [1.54, 1.807) is 6.07 Å². The second-order valence-corrected chi connectivity index (χ2v) is 5.35. The Hall–Kier alpha value is -0.960. The van der Waals surface area contributed by atoms with Gasteiger partial charge in [0.2, 0.25) is 0 Å². The number of rotatable bonds is 3. The minimum absolute atomic E-state index is 0.0894. The molecule has 17 heavy (non-hydrogen) atoms. The van der Waals surface area contributed by atoms with E-state index in [-0.39, 0.29) is 11.4 Å². The lowest BCUT2D eigenvalue weighted by Crippen LogP contribution is -2.52. The maximum absolute atomic E-state index is 12.0. The van der Waals surface area contributed by atoms with Crippen LogP contribution in [0.25, 0.3) is 0 Å². The summed E-state index contributed by atoms with van der Waals surface area (Å²) in [6.45, 7) is 2.21. The van der Waals surface area contributed by atoms with Crippen LogP contribution in [0.15, 0.2) is 23.0 Å². The molecule has 1 saturated carbocycles. The first-order valence-electron chi connectivity index (χ1n) is 6.06. The average molecular weight is 256 g/mol. The Morgan fingerprint density at radius 3 is 3.12 bits per heavy atom. The highest BCUT2D eigenvalue weighted by Crippen LogP contribution is 2.33. The van der Waals surface area contributed by atoms with Gasteiger partial charge in [0.1, 0.15) is 6.26 Å². The van der Waals surface area contributed by atoms with Crippen molar-refractivity contribution >= 4 is 17.5 Å². The third-order valence-electron chi connectivity index (χ3n) is 3.51. The topological polar surface area (TPSA) is 42.2 Å². The highest BCUT2D eigenvalue weighted by molar-refractivity contribution is 6.19. The van der Waals surface area contributed by atoms with Gasteiger partial charge in [0.05, 0.1) is 17.4 Å². The molecule has 0 aromatic carbocycles. The van der Waals surface area contributed by atoms with Crippen LogP contribution in [0.2, 0.25) is 0 Å². The summed E-state index contributed by atoms with van der Waals surface area (Å²) in [5, 5.41) is 3.08.